The molecule has 1 aliphatic rings. The lowest BCUT2D eigenvalue weighted by Gasteiger charge is -2.16. The minimum absolute atomic E-state index is 0.310. The molecule has 1 atom stereocenters. The molecule has 1 aromatic carbocycles. The van der Waals surface area contributed by atoms with Crippen molar-refractivity contribution in [1.29, 1.82) is 0 Å². The molecule has 0 radical (unpaired) electrons. The van der Waals surface area contributed by atoms with Crippen LogP contribution in [0, 0.1) is 11.7 Å². The predicted molar refractivity (Wildman–Crippen MR) is 70.6 cm³/mol. The van der Waals surface area contributed by atoms with Crippen molar-refractivity contribution in [2.45, 2.75) is 38.2 Å². The zero-order valence-electron chi connectivity index (χ0n) is 9.43. The quantitative estimate of drug-likeness (QED) is 0.789. The lowest BCUT2D eigenvalue weighted by molar-refractivity contribution is 0.141. The average molecular weight is 322 g/mol. The molecule has 1 N–H and O–H groups in total. The first kappa shape index (κ1) is 13.3. The molecule has 0 spiro atoms. The van der Waals surface area contributed by atoms with Crippen LogP contribution in [0.5, 0.6) is 0 Å². The molecule has 0 bridgehead atoms. The number of halogens is 3. The molecule has 0 aromatic heterocycles. The van der Waals surface area contributed by atoms with Gasteiger partial charge in [-0.05, 0) is 40.4 Å². The zero-order valence-corrected chi connectivity index (χ0v) is 11.8. The number of benzene rings is 1. The summed E-state index contributed by atoms with van der Waals surface area (Å²) in [6, 6.07) is 2.83. The van der Waals surface area contributed by atoms with Crippen molar-refractivity contribution < 1.29 is 9.50 Å². The van der Waals surface area contributed by atoms with Crippen LogP contribution in [0.4, 0.5) is 4.39 Å². The van der Waals surface area contributed by atoms with Crippen molar-refractivity contribution in [3.63, 3.8) is 0 Å². The fourth-order valence-corrected chi connectivity index (χ4v) is 2.97. The minimum atomic E-state index is -0.747. The van der Waals surface area contributed by atoms with E-state index in [1.165, 1.54) is 25.0 Å². The van der Waals surface area contributed by atoms with Crippen LogP contribution < -0.4 is 0 Å². The second-order valence-corrected chi connectivity index (χ2v) is 5.95. The van der Waals surface area contributed by atoms with Crippen LogP contribution >= 0.6 is 27.5 Å². The third-order valence-corrected chi connectivity index (χ3v) is 4.63. The van der Waals surface area contributed by atoms with Gasteiger partial charge in [0.05, 0.1) is 11.1 Å². The van der Waals surface area contributed by atoms with Gasteiger partial charge in [0.25, 0.3) is 0 Å². The third kappa shape index (κ3) is 3.21. The van der Waals surface area contributed by atoms with Gasteiger partial charge in [-0.1, -0.05) is 37.3 Å². The first-order valence-electron chi connectivity index (χ1n) is 5.90. The fraction of sp³-hybridized carbons (Fsp3) is 0.538. The SMILES string of the molecule is OC(CC1CCCC1)c1cc(Cl)c(Br)cc1F. The van der Waals surface area contributed by atoms with Gasteiger partial charge in [-0.3, -0.25) is 0 Å². The maximum Gasteiger partial charge on any atom is 0.130 e. The van der Waals surface area contributed by atoms with Crippen molar-refractivity contribution in [3.8, 4) is 0 Å². The van der Waals surface area contributed by atoms with E-state index in [2.05, 4.69) is 15.9 Å². The standard InChI is InChI=1S/C13H15BrClFO/c14-10-7-12(16)9(6-11(10)15)13(17)5-8-3-1-2-4-8/h6-8,13,17H,1-5H2. The van der Waals surface area contributed by atoms with Gasteiger partial charge in [-0.15, -0.1) is 0 Å². The number of aliphatic hydroxyl groups is 1. The molecule has 4 heteroatoms. The van der Waals surface area contributed by atoms with E-state index < -0.39 is 11.9 Å². The molecule has 1 aliphatic carbocycles. The maximum atomic E-state index is 13.7. The van der Waals surface area contributed by atoms with Crippen molar-refractivity contribution in [3.05, 3.63) is 33.0 Å². The van der Waals surface area contributed by atoms with Gasteiger partial charge in [-0.2, -0.15) is 0 Å². The Hall–Kier alpha value is -0.120. The Morgan fingerprint density at radius 2 is 2.06 bits per heavy atom. The highest BCUT2D eigenvalue weighted by molar-refractivity contribution is 9.10. The van der Waals surface area contributed by atoms with Crippen LogP contribution in [-0.2, 0) is 0 Å². The predicted octanol–water partition coefficient (Wildman–Crippen LogP) is 4.86. The number of aliphatic hydroxyl groups excluding tert-OH is 1. The van der Waals surface area contributed by atoms with E-state index in [1.54, 1.807) is 0 Å². The molecule has 1 saturated carbocycles. The maximum absolute atomic E-state index is 13.7. The summed E-state index contributed by atoms with van der Waals surface area (Å²) in [6.45, 7) is 0. The Balaban J connectivity index is 2.12. The van der Waals surface area contributed by atoms with E-state index in [4.69, 9.17) is 11.6 Å². The van der Waals surface area contributed by atoms with Gasteiger partial charge in [-0.25, -0.2) is 4.39 Å². The van der Waals surface area contributed by atoms with Crippen LogP contribution in [0.1, 0.15) is 43.8 Å². The molecule has 1 fully saturated rings. The Morgan fingerprint density at radius 1 is 1.41 bits per heavy atom. The Kier molecular flexibility index (Phi) is 4.45. The zero-order chi connectivity index (χ0) is 12.4. The molecule has 1 aromatic rings. The van der Waals surface area contributed by atoms with Gasteiger partial charge in [0.15, 0.2) is 0 Å². The summed E-state index contributed by atoms with van der Waals surface area (Å²) < 4.78 is 14.2. The number of hydrogen-bond donors (Lipinski definition) is 1. The fourth-order valence-electron chi connectivity index (χ4n) is 2.48. The van der Waals surface area contributed by atoms with Crippen molar-refractivity contribution in [1.82, 2.24) is 0 Å². The molecule has 1 unspecified atom stereocenters. The summed E-state index contributed by atoms with van der Waals surface area (Å²) in [7, 11) is 0. The number of hydrogen-bond acceptors (Lipinski definition) is 1. The summed E-state index contributed by atoms with van der Waals surface area (Å²) in [5.74, 6) is 0.124. The molecule has 94 valence electrons. The highest BCUT2D eigenvalue weighted by Crippen LogP contribution is 2.35. The second kappa shape index (κ2) is 5.68. The van der Waals surface area contributed by atoms with E-state index >= 15 is 0 Å². The summed E-state index contributed by atoms with van der Waals surface area (Å²) in [6.07, 6.45) is 4.62. The van der Waals surface area contributed by atoms with Crippen LogP contribution in [0.15, 0.2) is 16.6 Å². The normalized spacial score (nSPS) is 18.6. The third-order valence-electron chi connectivity index (χ3n) is 3.43. The molecule has 1 nitrogen and oxygen atoms in total. The minimum Gasteiger partial charge on any atom is -0.388 e. The summed E-state index contributed by atoms with van der Waals surface area (Å²) in [5, 5.41) is 10.5. The van der Waals surface area contributed by atoms with Gasteiger partial charge >= 0.3 is 0 Å². The molecule has 17 heavy (non-hydrogen) atoms. The van der Waals surface area contributed by atoms with Crippen LogP contribution in [0.3, 0.4) is 0 Å². The first-order valence-corrected chi connectivity index (χ1v) is 7.07. The van der Waals surface area contributed by atoms with Crippen LogP contribution in [0.25, 0.3) is 0 Å². The molecule has 0 amide bonds. The Labute approximate surface area is 114 Å². The first-order chi connectivity index (χ1) is 8.08. The topological polar surface area (TPSA) is 20.2 Å². The van der Waals surface area contributed by atoms with Crippen molar-refractivity contribution in [2.75, 3.05) is 0 Å². The largest absolute Gasteiger partial charge is 0.388 e. The second-order valence-electron chi connectivity index (χ2n) is 4.69. The molecule has 0 saturated heterocycles. The van der Waals surface area contributed by atoms with Gasteiger partial charge in [0.1, 0.15) is 5.82 Å². The Bertz CT molecular complexity index is 405. The monoisotopic (exact) mass is 320 g/mol. The van der Waals surface area contributed by atoms with E-state index in [9.17, 15) is 9.50 Å². The lowest BCUT2D eigenvalue weighted by atomic mass is 9.95. The summed E-state index contributed by atoms with van der Waals surface area (Å²) >= 11 is 9.09. The van der Waals surface area contributed by atoms with Crippen LogP contribution in [0.2, 0.25) is 5.02 Å². The molecular weight excluding hydrogens is 306 g/mol. The van der Waals surface area contributed by atoms with Gasteiger partial charge in [0.2, 0.25) is 0 Å². The highest BCUT2D eigenvalue weighted by atomic mass is 79.9. The van der Waals surface area contributed by atoms with Crippen molar-refractivity contribution >= 4 is 27.5 Å². The number of rotatable bonds is 3. The summed E-state index contributed by atoms with van der Waals surface area (Å²) in [5.41, 5.74) is 0.310. The summed E-state index contributed by atoms with van der Waals surface area (Å²) in [4.78, 5) is 0. The molecule has 0 heterocycles. The van der Waals surface area contributed by atoms with E-state index in [0.717, 1.165) is 12.8 Å². The lowest BCUT2D eigenvalue weighted by Crippen LogP contribution is -2.06. The average Bonchev–Trinajstić information content (AvgIpc) is 2.76. The van der Waals surface area contributed by atoms with E-state index in [0.29, 0.717) is 27.4 Å². The van der Waals surface area contributed by atoms with E-state index in [1.807, 2.05) is 0 Å². The Morgan fingerprint density at radius 3 is 2.71 bits per heavy atom. The van der Waals surface area contributed by atoms with E-state index in [-0.39, 0.29) is 0 Å². The van der Waals surface area contributed by atoms with Gasteiger partial charge < -0.3 is 5.11 Å². The highest BCUT2D eigenvalue weighted by Gasteiger charge is 2.22. The molecular formula is C13H15BrClFO. The molecule has 2 rings (SSSR count). The van der Waals surface area contributed by atoms with Crippen molar-refractivity contribution in [2.24, 2.45) is 5.92 Å². The smallest absolute Gasteiger partial charge is 0.130 e. The molecule has 0 aliphatic heterocycles. The van der Waals surface area contributed by atoms with Crippen LogP contribution in [-0.4, -0.2) is 5.11 Å². The van der Waals surface area contributed by atoms with Gasteiger partial charge in [0, 0.05) is 10.0 Å².